The predicted molar refractivity (Wildman–Crippen MR) is 60.0 cm³/mol. The van der Waals surface area contributed by atoms with Gasteiger partial charge in [-0.3, -0.25) is 0 Å². The van der Waals surface area contributed by atoms with Gasteiger partial charge < -0.3 is 29.6 Å². The van der Waals surface area contributed by atoms with Crippen molar-refractivity contribution >= 4 is 10.8 Å². The number of rotatable bonds is 2. The van der Waals surface area contributed by atoms with Gasteiger partial charge in [-0.2, -0.15) is 6.07 Å². The van der Waals surface area contributed by atoms with Gasteiger partial charge in [0.2, 0.25) is 0 Å². The minimum Gasteiger partial charge on any atom is -1.00 e. The van der Waals surface area contributed by atoms with Crippen LogP contribution in [0.4, 0.5) is 0 Å². The van der Waals surface area contributed by atoms with Crippen molar-refractivity contribution in [2.75, 3.05) is 0 Å². The molecule has 1 radical (unpaired) electrons. The van der Waals surface area contributed by atoms with Crippen molar-refractivity contribution in [3.63, 3.8) is 0 Å². The maximum Gasteiger partial charge on any atom is 3.00 e. The maximum atomic E-state index is 5.74. The Morgan fingerprint density at radius 3 is 2.41 bits per heavy atom. The van der Waals surface area contributed by atoms with E-state index >= 15 is 0 Å². The molecule has 0 saturated heterocycles. The van der Waals surface area contributed by atoms with E-state index in [0.717, 1.165) is 5.75 Å². The Morgan fingerprint density at radius 2 is 1.82 bits per heavy atom. The van der Waals surface area contributed by atoms with Gasteiger partial charge in [0.1, 0.15) is 0 Å². The van der Waals surface area contributed by atoms with Crippen LogP contribution in [0.25, 0.3) is 10.8 Å². The summed E-state index contributed by atoms with van der Waals surface area (Å²) in [5.41, 5.74) is 1.29. The molecule has 0 aliphatic rings. The second kappa shape index (κ2) is 8.24. The predicted octanol–water partition coefficient (Wildman–Crippen LogP) is -2.34. The summed E-state index contributed by atoms with van der Waals surface area (Å²) in [6.07, 6.45) is 0.232. The molecule has 17 heavy (non-hydrogen) atoms. The molecule has 0 heterocycles. The Hall–Kier alpha value is 0.0931. The van der Waals surface area contributed by atoms with Crippen LogP contribution in [0.2, 0.25) is 0 Å². The zero-order valence-electron chi connectivity index (χ0n) is 10.1. The standard InChI is InChI=1S/C13H15O.2ClH.Zr/c1-9(2)14-13-6-4-5-11-7-10(3)8-12(11)13;;;/h4-9H,1-3H3;2*1H;/q-1;;;+3/p-2. The van der Waals surface area contributed by atoms with Gasteiger partial charge in [0.05, 0.1) is 11.9 Å². The maximum absolute atomic E-state index is 5.74. The van der Waals surface area contributed by atoms with Gasteiger partial charge in [-0.05, 0) is 19.9 Å². The van der Waals surface area contributed by atoms with Gasteiger partial charge in [-0.1, -0.05) is 12.3 Å². The number of ether oxygens (including phenoxy) is 1. The first-order valence-corrected chi connectivity index (χ1v) is 4.99. The van der Waals surface area contributed by atoms with Crippen molar-refractivity contribution in [3.05, 3.63) is 35.9 Å². The van der Waals surface area contributed by atoms with Crippen LogP contribution in [0.5, 0.6) is 5.75 Å². The smallest absolute Gasteiger partial charge is 1.00 e. The van der Waals surface area contributed by atoms with Gasteiger partial charge in [-0.25, -0.2) is 0 Å². The van der Waals surface area contributed by atoms with Crippen molar-refractivity contribution in [1.82, 2.24) is 0 Å². The number of hydrogen-bond donors (Lipinski definition) is 0. The largest absolute Gasteiger partial charge is 3.00 e. The van der Waals surface area contributed by atoms with E-state index in [9.17, 15) is 0 Å². The van der Waals surface area contributed by atoms with E-state index in [2.05, 4.69) is 39.0 Å². The number of halogens is 2. The summed E-state index contributed by atoms with van der Waals surface area (Å²) in [5.74, 6) is 0.991. The summed E-state index contributed by atoms with van der Waals surface area (Å²) < 4.78 is 5.74. The minimum atomic E-state index is 0. The van der Waals surface area contributed by atoms with E-state index in [1.807, 2.05) is 12.1 Å². The fourth-order valence-electron chi connectivity index (χ4n) is 1.71. The monoisotopic (exact) mass is 347 g/mol. The van der Waals surface area contributed by atoms with E-state index in [4.69, 9.17) is 4.74 Å². The topological polar surface area (TPSA) is 9.23 Å². The molecule has 0 saturated carbocycles. The van der Waals surface area contributed by atoms with E-state index in [1.54, 1.807) is 0 Å². The Morgan fingerprint density at radius 1 is 1.18 bits per heavy atom. The molecule has 0 fully saturated rings. The van der Waals surface area contributed by atoms with Crippen LogP contribution in [0.15, 0.2) is 30.3 Å². The molecule has 0 spiro atoms. The summed E-state index contributed by atoms with van der Waals surface area (Å²) in [6.45, 7) is 6.21. The molecule has 91 valence electrons. The fourth-order valence-corrected chi connectivity index (χ4v) is 1.71. The molecule has 0 unspecified atom stereocenters. The van der Waals surface area contributed by atoms with Crippen molar-refractivity contribution in [2.45, 2.75) is 26.9 Å². The Labute approximate surface area is 134 Å². The van der Waals surface area contributed by atoms with Gasteiger partial charge in [0.25, 0.3) is 0 Å². The third-order valence-corrected chi connectivity index (χ3v) is 2.22. The van der Waals surface area contributed by atoms with E-state index in [-0.39, 0.29) is 57.1 Å². The summed E-state index contributed by atoms with van der Waals surface area (Å²) in [7, 11) is 0. The second-order valence-corrected chi connectivity index (χ2v) is 3.96. The normalized spacial score (nSPS) is 9.18. The summed E-state index contributed by atoms with van der Waals surface area (Å²) >= 11 is 0. The number of hydrogen-bond acceptors (Lipinski definition) is 1. The average molecular weight is 349 g/mol. The molecule has 2 rings (SSSR count). The molecule has 0 bridgehead atoms. The molecule has 0 aromatic heterocycles. The summed E-state index contributed by atoms with van der Waals surface area (Å²) in [6, 6.07) is 10.5. The molecule has 0 aliphatic carbocycles. The quantitative estimate of drug-likeness (QED) is 0.553. The van der Waals surface area contributed by atoms with Crippen molar-refractivity contribution in [3.8, 4) is 5.75 Å². The van der Waals surface area contributed by atoms with Gasteiger partial charge in [0, 0.05) is 0 Å². The van der Waals surface area contributed by atoms with Gasteiger partial charge in [0.15, 0.2) is 0 Å². The molecule has 1 nitrogen and oxygen atoms in total. The van der Waals surface area contributed by atoms with Crippen LogP contribution in [0.1, 0.15) is 19.4 Å². The molecule has 2 aromatic carbocycles. The first kappa shape index (κ1) is 19.4. The van der Waals surface area contributed by atoms with Gasteiger partial charge in [-0.15, -0.1) is 29.1 Å². The zero-order chi connectivity index (χ0) is 10.1. The number of aryl methyl sites for hydroxylation is 1. The van der Waals surface area contributed by atoms with Gasteiger partial charge >= 0.3 is 26.2 Å². The van der Waals surface area contributed by atoms with Crippen molar-refractivity contribution in [2.24, 2.45) is 0 Å². The molecular formula is C13H15Cl2OZr. The summed E-state index contributed by atoms with van der Waals surface area (Å²) in [4.78, 5) is 0. The van der Waals surface area contributed by atoms with E-state index < -0.39 is 0 Å². The van der Waals surface area contributed by atoms with Crippen molar-refractivity contribution < 1.29 is 55.8 Å². The third kappa shape index (κ3) is 4.69. The van der Waals surface area contributed by atoms with Crippen LogP contribution in [-0.2, 0) is 26.2 Å². The Balaban J connectivity index is 0. The van der Waals surface area contributed by atoms with Crippen LogP contribution < -0.4 is 29.6 Å². The molecule has 2 aromatic rings. The van der Waals surface area contributed by atoms with E-state index in [0.29, 0.717) is 0 Å². The SMILES string of the molecule is Cc1cc2c(OC(C)C)cccc2[cH-]1.[Cl-].[Cl-].[Zr+3]. The molecule has 0 atom stereocenters. The average Bonchev–Trinajstić information content (AvgIpc) is 2.45. The first-order chi connectivity index (χ1) is 6.66. The molecule has 0 N–H and O–H groups in total. The van der Waals surface area contributed by atoms with Crippen LogP contribution >= 0.6 is 0 Å². The van der Waals surface area contributed by atoms with Crippen molar-refractivity contribution in [1.29, 1.82) is 0 Å². The molecular weight excluding hydrogens is 334 g/mol. The molecule has 4 heteroatoms. The molecule has 0 amide bonds. The van der Waals surface area contributed by atoms with Crippen LogP contribution in [0.3, 0.4) is 0 Å². The minimum absolute atomic E-state index is 0. The number of benzene rings is 1. The van der Waals surface area contributed by atoms with E-state index in [1.165, 1.54) is 16.3 Å². The molecule has 0 aliphatic heterocycles. The van der Waals surface area contributed by atoms with Crippen LogP contribution in [0, 0.1) is 6.92 Å². The second-order valence-electron chi connectivity index (χ2n) is 3.96. The fraction of sp³-hybridized carbons (Fsp3) is 0.308. The Bertz CT molecular complexity index is 452. The number of fused-ring (bicyclic) bond motifs is 1. The van der Waals surface area contributed by atoms with Crippen LogP contribution in [-0.4, -0.2) is 6.10 Å². The first-order valence-electron chi connectivity index (χ1n) is 4.99. The Kier molecular flexibility index (Phi) is 9.42. The third-order valence-electron chi connectivity index (χ3n) is 2.22. The summed E-state index contributed by atoms with van der Waals surface area (Å²) in [5, 5.41) is 2.49. The zero-order valence-corrected chi connectivity index (χ0v) is 14.1.